The first-order valence-corrected chi connectivity index (χ1v) is 7.38. The Morgan fingerprint density at radius 2 is 1.68 bits per heavy atom. The maximum Gasteiger partial charge on any atom is 0.0471 e. The van der Waals surface area contributed by atoms with E-state index in [1.54, 1.807) is 0 Å². The minimum absolute atomic E-state index is 0.201. The maximum absolute atomic E-state index is 9.40. The zero-order chi connectivity index (χ0) is 13.5. The van der Waals surface area contributed by atoms with Crippen molar-refractivity contribution in [2.24, 2.45) is 11.8 Å². The quantitative estimate of drug-likeness (QED) is 0.739. The number of benzene rings is 1. The fourth-order valence-corrected chi connectivity index (χ4v) is 2.96. The molecule has 0 radical (unpaired) electrons. The Morgan fingerprint density at radius 1 is 1.00 bits per heavy atom. The molecule has 0 saturated heterocycles. The van der Waals surface area contributed by atoms with E-state index < -0.39 is 0 Å². The first kappa shape index (κ1) is 14.4. The largest absolute Gasteiger partial charge is 0.396 e. The number of hydrogen-bond donors (Lipinski definition) is 3. The molecule has 2 unspecified atom stereocenters. The zero-order valence-corrected chi connectivity index (χ0v) is 11.5. The molecule has 3 nitrogen and oxygen atoms in total. The number of aliphatic hydroxyl groups excluding tert-OH is 2. The second-order valence-electron chi connectivity index (χ2n) is 5.54. The van der Waals surface area contributed by atoms with E-state index in [0.717, 1.165) is 25.1 Å². The van der Waals surface area contributed by atoms with Crippen molar-refractivity contribution in [1.29, 1.82) is 0 Å². The van der Waals surface area contributed by atoms with Gasteiger partial charge in [0.2, 0.25) is 0 Å². The van der Waals surface area contributed by atoms with Crippen LogP contribution in [0.15, 0.2) is 24.3 Å². The number of aliphatic hydroxyl groups is 2. The fraction of sp³-hybridized carbons (Fsp3) is 0.625. The Morgan fingerprint density at radius 3 is 2.32 bits per heavy atom. The molecule has 3 N–H and O–H groups in total. The van der Waals surface area contributed by atoms with Gasteiger partial charge in [-0.2, -0.15) is 0 Å². The standard InChI is InChI=1S/C16H25NO2/c18-10-9-13-5-7-16(8-6-13)17-11-14-3-1-2-4-15(14)12-19/h5-8,14-15,17-19H,1-4,9-12H2. The van der Waals surface area contributed by atoms with Crippen molar-refractivity contribution in [1.82, 2.24) is 0 Å². The van der Waals surface area contributed by atoms with E-state index in [4.69, 9.17) is 5.11 Å². The van der Waals surface area contributed by atoms with Gasteiger partial charge in [0.15, 0.2) is 0 Å². The van der Waals surface area contributed by atoms with Crippen molar-refractivity contribution in [2.45, 2.75) is 32.1 Å². The van der Waals surface area contributed by atoms with Crippen LogP contribution in [0.2, 0.25) is 0 Å². The summed E-state index contributed by atoms with van der Waals surface area (Å²) in [5.41, 5.74) is 2.29. The molecule has 1 aromatic rings. The molecule has 2 rings (SSSR count). The average molecular weight is 263 g/mol. The summed E-state index contributed by atoms with van der Waals surface area (Å²) in [5.74, 6) is 1.06. The smallest absolute Gasteiger partial charge is 0.0471 e. The number of rotatable bonds is 6. The molecule has 106 valence electrons. The van der Waals surface area contributed by atoms with E-state index in [1.165, 1.54) is 24.8 Å². The summed E-state index contributed by atoms with van der Waals surface area (Å²) in [4.78, 5) is 0. The summed E-state index contributed by atoms with van der Waals surface area (Å²) >= 11 is 0. The lowest BCUT2D eigenvalue weighted by Gasteiger charge is -2.30. The van der Waals surface area contributed by atoms with Crippen molar-refractivity contribution < 1.29 is 10.2 Å². The van der Waals surface area contributed by atoms with Gasteiger partial charge in [-0.05, 0) is 48.8 Å². The summed E-state index contributed by atoms with van der Waals surface area (Å²) in [6.07, 6.45) is 5.66. The van der Waals surface area contributed by atoms with Gasteiger partial charge in [0.05, 0.1) is 0 Å². The predicted molar refractivity (Wildman–Crippen MR) is 78.3 cm³/mol. The van der Waals surface area contributed by atoms with Crippen molar-refractivity contribution in [2.75, 3.05) is 25.1 Å². The lowest BCUT2D eigenvalue weighted by molar-refractivity contribution is 0.141. The molecule has 0 heterocycles. The van der Waals surface area contributed by atoms with Crippen molar-refractivity contribution in [3.63, 3.8) is 0 Å². The molecule has 0 bridgehead atoms. The van der Waals surface area contributed by atoms with E-state index in [2.05, 4.69) is 29.6 Å². The molecule has 1 saturated carbocycles. The monoisotopic (exact) mass is 263 g/mol. The molecule has 1 fully saturated rings. The Balaban J connectivity index is 1.83. The molecule has 1 aromatic carbocycles. The SMILES string of the molecule is OCCc1ccc(NCC2CCCCC2CO)cc1. The molecule has 0 spiro atoms. The van der Waals surface area contributed by atoms with Crippen LogP contribution in [0.3, 0.4) is 0 Å². The second-order valence-corrected chi connectivity index (χ2v) is 5.54. The minimum Gasteiger partial charge on any atom is -0.396 e. The highest BCUT2D eigenvalue weighted by Crippen LogP contribution is 2.29. The van der Waals surface area contributed by atoms with Crippen LogP contribution >= 0.6 is 0 Å². The van der Waals surface area contributed by atoms with Crippen LogP contribution in [0.1, 0.15) is 31.2 Å². The third kappa shape index (κ3) is 4.22. The van der Waals surface area contributed by atoms with E-state index in [0.29, 0.717) is 18.4 Å². The van der Waals surface area contributed by atoms with Crippen molar-refractivity contribution >= 4 is 5.69 Å². The molecule has 0 aliphatic heterocycles. The third-order valence-corrected chi connectivity index (χ3v) is 4.22. The van der Waals surface area contributed by atoms with Crippen LogP contribution < -0.4 is 5.32 Å². The Labute approximate surface area is 115 Å². The summed E-state index contributed by atoms with van der Waals surface area (Å²) in [5, 5.41) is 21.8. The van der Waals surface area contributed by atoms with Crippen LogP contribution in [-0.2, 0) is 6.42 Å². The lowest BCUT2D eigenvalue weighted by atomic mass is 9.79. The van der Waals surface area contributed by atoms with Crippen molar-refractivity contribution in [3.8, 4) is 0 Å². The number of hydrogen-bond acceptors (Lipinski definition) is 3. The van der Waals surface area contributed by atoms with Gasteiger partial charge in [0.25, 0.3) is 0 Å². The third-order valence-electron chi connectivity index (χ3n) is 4.22. The summed E-state index contributed by atoms with van der Waals surface area (Å²) in [6.45, 7) is 1.47. The Bertz CT molecular complexity index is 364. The Kier molecular flexibility index (Phi) is 5.67. The molecule has 3 heteroatoms. The van der Waals surface area contributed by atoms with Crippen LogP contribution in [0.5, 0.6) is 0 Å². The highest BCUT2D eigenvalue weighted by Gasteiger charge is 2.23. The topological polar surface area (TPSA) is 52.5 Å². The van der Waals surface area contributed by atoms with Crippen LogP contribution in [0.25, 0.3) is 0 Å². The van der Waals surface area contributed by atoms with Crippen LogP contribution in [0, 0.1) is 11.8 Å². The first-order valence-electron chi connectivity index (χ1n) is 7.38. The highest BCUT2D eigenvalue weighted by atomic mass is 16.3. The summed E-state index contributed by atoms with van der Waals surface area (Å²) in [7, 11) is 0. The molecule has 0 aromatic heterocycles. The van der Waals surface area contributed by atoms with Gasteiger partial charge < -0.3 is 15.5 Å². The van der Waals surface area contributed by atoms with Gasteiger partial charge in [-0.15, -0.1) is 0 Å². The van der Waals surface area contributed by atoms with E-state index in [-0.39, 0.29) is 6.61 Å². The molecular formula is C16H25NO2. The van der Waals surface area contributed by atoms with E-state index in [1.807, 2.05) is 0 Å². The predicted octanol–water partition coefficient (Wildman–Crippen LogP) is 2.43. The van der Waals surface area contributed by atoms with Crippen LogP contribution in [0.4, 0.5) is 5.69 Å². The van der Waals surface area contributed by atoms with Gasteiger partial charge in [-0.3, -0.25) is 0 Å². The molecular weight excluding hydrogens is 238 g/mol. The molecule has 0 amide bonds. The average Bonchev–Trinajstić information content (AvgIpc) is 2.47. The first-order chi connectivity index (χ1) is 9.33. The molecule has 1 aliphatic rings. The van der Waals surface area contributed by atoms with E-state index >= 15 is 0 Å². The molecule has 19 heavy (non-hydrogen) atoms. The minimum atomic E-state index is 0.201. The van der Waals surface area contributed by atoms with Gasteiger partial charge in [-0.25, -0.2) is 0 Å². The Hall–Kier alpha value is -1.06. The van der Waals surface area contributed by atoms with Gasteiger partial charge in [-0.1, -0.05) is 25.0 Å². The van der Waals surface area contributed by atoms with Crippen molar-refractivity contribution in [3.05, 3.63) is 29.8 Å². The summed E-state index contributed by atoms with van der Waals surface area (Å²) in [6, 6.07) is 8.26. The normalized spacial score (nSPS) is 23.3. The van der Waals surface area contributed by atoms with E-state index in [9.17, 15) is 5.11 Å². The second kappa shape index (κ2) is 7.51. The molecule has 2 atom stereocenters. The number of nitrogens with one attached hydrogen (secondary N) is 1. The zero-order valence-electron chi connectivity index (χ0n) is 11.5. The van der Waals surface area contributed by atoms with Crippen LogP contribution in [-0.4, -0.2) is 30.0 Å². The van der Waals surface area contributed by atoms with Gasteiger partial charge in [0.1, 0.15) is 0 Å². The van der Waals surface area contributed by atoms with Gasteiger partial charge in [0, 0.05) is 25.4 Å². The highest BCUT2D eigenvalue weighted by molar-refractivity contribution is 5.44. The fourth-order valence-electron chi connectivity index (χ4n) is 2.96. The number of anilines is 1. The summed E-state index contributed by atoms with van der Waals surface area (Å²) < 4.78 is 0. The maximum atomic E-state index is 9.40. The lowest BCUT2D eigenvalue weighted by Crippen LogP contribution is -2.28. The molecule has 1 aliphatic carbocycles. The van der Waals surface area contributed by atoms with Gasteiger partial charge >= 0.3 is 0 Å².